The second-order valence-electron chi connectivity index (χ2n) is 7.99. The largest absolute Gasteiger partial charge is 0.357 e. The summed E-state index contributed by atoms with van der Waals surface area (Å²) in [5.41, 5.74) is 3.68. The van der Waals surface area contributed by atoms with Crippen molar-refractivity contribution in [1.29, 1.82) is 0 Å². The summed E-state index contributed by atoms with van der Waals surface area (Å²) >= 11 is 0. The van der Waals surface area contributed by atoms with Crippen LogP contribution in [0.3, 0.4) is 0 Å². The molecule has 1 heterocycles. The fourth-order valence-electron chi connectivity index (χ4n) is 3.21. The Hall–Kier alpha value is -1.56. The minimum Gasteiger partial charge on any atom is -0.357 e. The third kappa shape index (κ3) is 6.98. The lowest BCUT2D eigenvalue weighted by Gasteiger charge is -2.25. The smallest absolute Gasteiger partial charge is 0.191 e. The number of nitrogens with one attached hydrogen (secondary N) is 2. The number of hydrogen-bond acceptors (Lipinski definition) is 3. The summed E-state index contributed by atoms with van der Waals surface area (Å²) in [6.07, 6.45) is 2.10. The molecule has 0 bridgehead atoms. The predicted molar refractivity (Wildman–Crippen MR) is 112 cm³/mol. The molecule has 26 heavy (non-hydrogen) atoms. The van der Waals surface area contributed by atoms with Gasteiger partial charge in [0.25, 0.3) is 0 Å². The Morgan fingerprint density at radius 3 is 2.35 bits per heavy atom. The number of rotatable bonds is 9. The molecule has 2 unspecified atom stereocenters. The summed E-state index contributed by atoms with van der Waals surface area (Å²) in [7, 11) is 6.28. The molecule has 0 aliphatic rings. The molecule has 0 radical (unpaired) electrons. The predicted octanol–water partition coefficient (Wildman–Crippen LogP) is 2.50. The molecule has 1 aromatic rings. The summed E-state index contributed by atoms with van der Waals surface area (Å²) in [5, 5.41) is 11.5. The third-order valence-corrected chi connectivity index (χ3v) is 4.83. The molecule has 150 valence electrons. The molecule has 0 fully saturated rings. The molecular formula is C20H40N6. The number of guanidine groups is 1. The topological polar surface area (TPSA) is 57.5 Å². The van der Waals surface area contributed by atoms with Crippen LogP contribution < -0.4 is 10.6 Å². The van der Waals surface area contributed by atoms with E-state index >= 15 is 0 Å². The van der Waals surface area contributed by atoms with Gasteiger partial charge >= 0.3 is 0 Å². The highest BCUT2D eigenvalue weighted by Gasteiger charge is 2.16. The number of likely N-dealkylation sites (N-methyl/N-ethyl adjacent to an activating group) is 1. The average Bonchev–Trinajstić information content (AvgIpc) is 2.77. The minimum absolute atomic E-state index is 0.289. The fourth-order valence-corrected chi connectivity index (χ4v) is 3.21. The molecule has 0 aliphatic carbocycles. The van der Waals surface area contributed by atoms with Gasteiger partial charge in [0.05, 0.1) is 12.2 Å². The number of aliphatic imine (C=N–C) groups is 1. The zero-order chi connectivity index (χ0) is 19.9. The van der Waals surface area contributed by atoms with Crippen molar-refractivity contribution in [2.75, 3.05) is 27.2 Å². The molecule has 0 saturated carbocycles. The monoisotopic (exact) mass is 364 g/mol. The van der Waals surface area contributed by atoms with Crippen LogP contribution in [-0.4, -0.2) is 59.9 Å². The Kier molecular flexibility index (Phi) is 9.13. The maximum Gasteiger partial charge on any atom is 0.191 e. The number of hydrogen-bond donors (Lipinski definition) is 2. The van der Waals surface area contributed by atoms with Gasteiger partial charge in [-0.15, -0.1) is 0 Å². The van der Waals surface area contributed by atoms with E-state index in [9.17, 15) is 0 Å². The van der Waals surface area contributed by atoms with Gasteiger partial charge < -0.3 is 15.5 Å². The van der Waals surface area contributed by atoms with Gasteiger partial charge in [0.15, 0.2) is 5.96 Å². The summed E-state index contributed by atoms with van der Waals surface area (Å²) in [6, 6.07) is 0.751. The Morgan fingerprint density at radius 1 is 1.23 bits per heavy atom. The van der Waals surface area contributed by atoms with Crippen molar-refractivity contribution >= 4 is 5.96 Å². The zero-order valence-corrected chi connectivity index (χ0v) is 18.3. The van der Waals surface area contributed by atoms with Gasteiger partial charge in [0.2, 0.25) is 0 Å². The van der Waals surface area contributed by atoms with Crippen LogP contribution in [0, 0.1) is 19.8 Å². The first kappa shape index (κ1) is 22.5. The van der Waals surface area contributed by atoms with E-state index in [2.05, 4.69) is 76.3 Å². The molecule has 2 atom stereocenters. The first-order chi connectivity index (χ1) is 12.1. The van der Waals surface area contributed by atoms with Crippen molar-refractivity contribution < 1.29 is 0 Å². The molecule has 1 aromatic heterocycles. The second-order valence-corrected chi connectivity index (χ2v) is 7.99. The normalized spacial score (nSPS) is 14.8. The number of aromatic nitrogens is 2. The molecule has 0 aliphatic heterocycles. The lowest BCUT2D eigenvalue weighted by molar-refractivity contribution is 0.261. The minimum atomic E-state index is 0.289. The highest BCUT2D eigenvalue weighted by molar-refractivity contribution is 5.80. The molecule has 0 saturated heterocycles. The Morgan fingerprint density at radius 2 is 1.88 bits per heavy atom. The molecule has 0 amide bonds. The Labute approximate surface area is 160 Å². The maximum absolute atomic E-state index is 4.85. The van der Waals surface area contributed by atoms with Crippen LogP contribution in [0.2, 0.25) is 0 Å². The number of aryl methyl sites for hydroxylation is 2. The van der Waals surface area contributed by atoms with Gasteiger partial charge in [0, 0.05) is 31.4 Å². The van der Waals surface area contributed by atoms with Gasteiger partial charge in [-0.25, -0.2) is 0 Å². The fraction of sp³-hybridized carbons (Fsp3) is 0.800. The van der Waals surface area contributed by atoms with Gasteiger partial charge in [0.1, 0.15) is 0 Å². The second kappa shape index (κ2) is 10.6. The van der Waals surface area contributed by atoms with Crippen LogP contribution >= 0.6 is 0 Å². The van der Waals surface area contributed by atoms with E-state index in [1.807, 2.05) is 11.7 Å². The molecule has 0 spiro atoms. The van der Waals surface area contributed by atoms with Crippen molar-refractivity contribution in [3.8, 4) is 0 Å². The lowest BCUT2D eigenvalue weighted by Crippen LogP contribution is -2.44. The van der Waals surface area contributed by atoms with Crippen LogP contribution in [0.1, 0.15) is 51.1 Å². The average molecular weight is 365 g/mol. The van der Waals surface area contributed by atoms with Gasteiger partial charge in [-0.1, -0.05) is 13.8 Å². The Bertz CT molecular complexity index is 573. The van der Waals surface area contributed by atoms with E-state index in [0.717, 1.165) is 37.6 Å². The van der Waals surface area contributed by atoms with Gasteiger partial charge in [-0.05, 0) is 66.1 Å². The van der Waals surface area contributed by atoms with Crippen LogP contribution in [0.25, 0.3) is 0 Å². The molecule has 2 N–H and O–H groups in total. The van der Waals surface area contributed by atoms with Gasteiger partial charge in [-0.2, -0.15) is 5.10 Å². The van der Waals surface area contributed by atoms with E-state index in [1.165, 1.54) is 11.3 Å². The van der Waals surface area contributed by atoms with Crippen molar-refractivity contribution in [3.05, 3.63) is 17.0 Å². The van der Waals surface area contributed by atoms with E-state index in [4.69, 9.17) is 4.99 Å². The highest BCUT2D eigenvalue weighted by Crippen LogP contribution is 2.14. The first-order valence-electron chi connectivity index (χ1n) is 9.85. The molecule has 6 nitrogen and oxygen atoms in total. The summed E-state index contributed by atoms with van der Waals surface area (Å²) < 4.78 is 1.96. The lowest BCUT2D eigenvalue weighted by atomic mass is 10.0. The standard InChI is InChI=1S/C20H40N6/c1-10-21-20(22-13-18(25(7)8)11-14(2)3)23-15(4)12-19-16(5)24-26(9)17(19)6/h14-15,18H,10-13H2,1-9H3,(H2,21,22,23). The quantitative estimate of drug-likeness (QED) is 0.522. The maximum atomic E-state index is 4.85. The van der Waals surface area contributed by atoms with Crippen LogP contribution in [0.4, 0.5) is 0 Å². The van der Waals surface area contributed by atoms with Crippen molar-refractivity contribution in [1.82, 2.24) is 25.3 Å². The van der Waals surface area contributed by atoms with E-state index in [-0.39, 0.29) is 6.04 Å². The molecule has 6 heteroatoms. The first-order valence-corrected chi connectivity index (χ1v) is 9.85. The Balaban J connectivity index is 2.76. The molecule has 0 aromatic carbocycles. The van der Waals surface area contributed by atoms with Crippen LogP contribution in [0.15, 0.2) is 4.99 Å². The van der Waals surface area contributed by atoms with Crippen molar-refractivity contribution in [3.63, 3.8) is 0 Å². The molecule has 1 rings (SSSR count). The summed E-state index contributed by atoms with van der Waals surface area (Å²) in [6.45, 7) is 14.7. The van der Waals surface area contributed by atoms with E-state index < -0.39 is 0 Å². The van der Waals surface area contributed by atoms with E-state index in [0.29, 0.717) is 12.0 Å². The van der Waals surface area contributed by atoms with Crippen molar-refractivity contribution in [2.24, 2.45) is 18.0 Å². The summed E-state index contributed by atoms with van der Waals surface area (Å²) in [4.78, 5) is 7.13. The molecular weight excluding hydrogens is 324 g/mol. The SMILES string of the molecule is CCNC(=NCC(CC(C)C)N(C)C)NC(C)Cc1c(C)nn(C)c1C. The number of nitrogens with zero attached hydrogens (tertiary/aromatic N) is 4. The zero-order valence-electron chi connectivity index (χ0n) is 18.3. The highest BCUT2D eigenvalue weighted by atomic mass is 15.3. The summed E-state index contributed by atoms with van der Waals surface area (Å²) in [5.74, 6) is 1.57. The van der Waals surface area contributed by atoms with Crippen LogP contribution in [-0.2, 0) is 13.5 Å². The van der Waals surface area contributed by atoms with Crippen LogP contribution in [0.5, 0.6) is 0 Å². The third-order valence-electron chi connectivity index (χ3n) is 4.83. The van der Waals surface area contributed by atoms with Gasteiger partial charge in [-0.3, -0.25) is 9.67 Å². The van der Waals surface area contributed by atoms with Crippen molar-refractivity contribution in [2.45, 2.75) is 66.5 Å². The van der Waals surface area contributed by atoms with E-state index in [1.54, 1.807) is 0 Å².